The van der Waals surface area contributed by atoms with E-state index >= 15 is 0 Å². The third-order valence-corrected chi connectivity index (χ3v) is 2.01. The number of imidazole rings is 1. The zero-order valence-electron chi connectivity index (χ0n) is 7.62. The van der Waals surface area contributed by atoms with Crippen molar-refractivity contribution in [1.82, 2.24) is 29.7 Å². The van der Waals surface area contributed by atoms with Crippen molar-refractivity contribution in [2.45, 2.75) is 0 Å². The minimum absolute atomic E-state index is 0.181. The minimum Gasteiger partial charge on any atom is -0.368 e. The first kappa shape index (κ1) is 7.92. The van der Waals surface area contributed by atoms with Gasteiger partial charge in [0.25, 0.3) is 0 Å². The summed E-state index contributed by atoms with van der Waals surface area (Å²) in [6.45, 7) is 0. The van der Waals surface area contributed by atoms with Gasteiger partial charge in [-0.25, -0.2) is 9.67 Å². The van der Waals surface area contributed by atoms with E-state index < -0.39 is 0 Å². The molecule has 0 aromatic carbocycles. The molecule has 3 rings (SSSR count). The Kier molecular flexibility index (Phi) is 1.46. The Hall–Kier alpha value is -2.44. The van der Waals surface area contributed by atoms with Gasteiger partial charge in [-0.1, -0.05) is 0 Å². The van der Waals surface area contributed by atoms with Crippen LogP contribution in [0.4, 0.5) is 5.95 Å². The molecule has 3 aromatic rings. The van der Waals surface area contributed by atoms with Crippen LogP contribution in [0.25, 0.3) is 17.0 Å². The van der Waals surface area contributed by atoms with Gasteiger partial charge < -0.3 is 10.7 Å². The molecule has 0 spiro atoms. The fourth-order valence-corrected chi connectivity index (χ4v) is 1.39. The summed E-state index contributed by atoms with van der Waals surface area (Å²) in [5.41, 5.74) is 6.82. The van der Waals surface area contributed by atoms with Crippen LogP contribution in [0.1, 0.15) is 0 Å². The van der Waals surface area contributed by atoms with Gasteiger partial charge in [-0.3, -0.25) is 0 Å². The van der Waals surface area contributed by atoms with E-state index in [-0.39, 0.29) is 5.95 Å². The molecule has 0 aliphatic carbocycles. The van der Waals surface area contributed by atoms with Crippen LogP contribution in [-0.2, 0) is 0 Å². The maximum absolute atomic E-state index is 5.57. The summed E-state index contributed by atoms with van der Waals surface area (Å²) in [6, 6.07) is 1.81. The number of aromatic nitrogens is 6. The number of hydrogen-bond acceptors (Lipinski definition) is 5. The second-order valence-electron chi connectivity index (χ2n) is 2.96. The van der Waals surface area contributed by atoms with E-state index in [1.807, 2.05) is 0 Å². The lowest BCUT2D eigenvalue weighted by Gasteiger charge is -2.01. The van der Waals surface area contributed by atoms with Gasteiger partial charge in [0.2, 0.25) is 5.95 Å². The van der Waals surface area contributed by atoms with Gasteiger partial charge in [-0.2, -0.15) is 15.1 Å². The Bertz CT molecular complexity index is 595. The monoisotopic (exact) mass is 201 g/mol. The second kappa shape index (κ2) is 2.77. The number of rotatable bonds is 1. The Morgan fingerprint density at radius 3 is 3.07 bits per heavy atom. The zero-order chi connectivity index (χ0) is 10.3. The van der Waals surface area contributed by atoms with Crippen molar-refractivity contribution in [2.24, 2.45) is 0 Å². The average Bonchev–Trinajstić information content (AvgIpc) is 2.86. The van der Waals surface area contributed by atoms with Crippen molar-refractivity contribution in [1.29, 1.82) is 0 Å². The van der Waals surface area contributed by atoms with Crippen molar-refractivity contribution in [2.75, 3.05) is 5.73 Å². The molecular weight excluding hydrogens is 194 g/mol. The van der Waals surface area contributed by atoms with E-state index in [1.165, 1.54) is 0 Å². The number of aromatic amines is 1. The maximum Gasteiger partial charge on any atom is 0.224 e. The molecule has 0 fully saturated rings. The Morgan fingerprint density at radius 2 is 2.27 bits per heavy atom. The molecule has 0 amide bonds. The number of nitrogens with one attached hydrogen (secondary N) is 1. The first-order valence-electron chi connectivity index (χ1n) is 4.31. The molecule has 0 atom stereocenters. The van der Waals surface area contributed by atoms with Crippen LogP contribution in [0.3, 0.4) is 0 Å². The highest BCUT2D eigenvalue weighted by Crippen LogP contribution is 2.15. The normalized spacial score (nSPS) is 10.9. The van der Waals surface area contributed by atoms with Crippen molar-refractivity contribution in [3.63, 3.8) is 0 Å². The minimum atomic E-state index is 0.181. The molecule has 0 aliphatic rings. The fourth-order valence-electron chi connectivity index (χ4n) is 1.39. The lowest BCUT2D eigenvalue weighted by atomic mass is 10.5. The number of fused-ring (bicyclic) bond motifs is 1. The Labute approximate surface area is 84.0 Å². The molecule has 7 heteroatoms. The molecule has 3 aromatic heterocycles. The summed E-state index contributed by atoms with van der Waals surface area (Å²) in [5.74, 6) is 0.778. The summed E-state index contributed by atoms with van der Waals surface area (Å²) < 4.78 is 1.61. The molecule has 15 heavy (non-hydrogen) atoms. The lowest BCUT2D eigenvalue weighted by Crippen LogP contribution is -2.04. The number of nitrogen functional groups attached to an aromatic ring is 1. The molecule has 0 aliphatic heterocycles. The summed E-state index contributed by atoms with van der Waals surface area (Å²) in [5, 5.41) is 4.08. The van der Waals surface area contributed by atoms with Crippen molar-refractivity contribution in [3.05, 3.63) is 24.8 Å². The topological polar surface area (TPSA) is 98.3 Å². The number of nitrogens with zero attached hydrogens (tertiary/aromatic N) is 5. The molecule has 0 bridgehead atoms. The number of hydrogen-bond donors (Lipinski definition) is 2. The van der Waals surface area contributed by atoms with E-state index in [2.05, 4.69) is 25.0 Å². The number of nitrogens with two attached hydrogens (primary N) is 1. The van der Waals surface area contributed by atoms with Gasteiger partial charge in [-0.05, 0) is 6.07 Å². The highest BCUT2D eigenvalue weighted by Gasteiger charge is 2.09. The van der Waals surface area contributed by atoms with Gasteiger partial charge in [0.05, 0.1) is 6.33 Å². The summed E-state index contributed by atoms with van der Waals surface area (Å²) >= 11 is 0. The van der Waals surface area contributed by atoms with Crippen LogP contribution in [0.15, 0.2) is 24.8 Å². The van der Waals surface area contributed by atoms with Crippen LogP contribution < -0.4 is 5.73 Å². The molecule has 3 N–H and O–H groups in total. The zero-order valence-corrected chi connectivity index (χ0v) is 7.62. The smallest absolute Gasteiger partial charge is 0.224 e. The molecule has 7 nitrogen and oxygen atoms in total. The lowest BCUT2D eigenvalue weighted by molar-refractivity contribution is 0.851. The standard InChI is InChI=1S/C8H7N7/c9-8-13-6-5(10-4-11-6)7(14-8)15-3-1-2-12-15/h1-4H,(H3,9,10,11,13,14). The second-order valence-corrected chi connectivity index (χ2v) is 2.96. The third kappa shape index (κ3) is 1.13. The number of anilines is 1. The molecule has 0 saturated carbocycles. The van der Waals surface area contributed by atoms with Crippen LogP contribution in [0, 0.1) is 0 Å². The van der Waals surface area contributed by atoms with Crippen LogP contribution in [0.2, 0.25) is 0 Å². The molecular formula is C8H7N7. The highest BCUT2D eigenvalue weighted by atomic mass is 15.3. The van der Waals surface area contributed by atoms with Crippen LogP contribution in [-0.4, -0.2) is 29.7 Å². The van der Waals surface area contributed by atoms with E-state index in [0.29, 0.717) is 17.0 Å². The van der Waals surface area contributed by atoms with E-state index in [4.69, 9.17) is 5.73 Å². The van der Waals surface area contributed by atoms with Gasteiger partial charge in [0.1, 0.15) is 5.52 Å². The van der Waals surface area contributed by atoms with Gasteiger partial charge in [0, 0.05) is 12.4 Å². The SMILES string of the molecule is Nc1nc(-n2cccn2)c2[nH]cnc2n1. The summed E-state index contributed by atoms with van der Waals surface area (Å²) in [6.07, 6.45) is 4.99. The Balaban J connectivity index is 2.38. The molecule has 0 saturated heterocycles. The van der Waals surface area contributed by atoms with Crippen LogP contribution in [0.5, 0.6) is 0 Å². The largest absolute Gasteiger partial charge is 0.368 e. The number of H-pyrrole nitrogens is 1. The highest BCUT2D eigenvalue weighted by molar-refractivity contribution is 5.78. The van der Waals surface area contributed by atoms with Crippen LogP contribution >= 0.6 is 0 Å². The third-order valence-electron chi connectivity index (χ3n) is 2.01. The van der Waals surface area contributed by atoms with Crippen molar-refractivity contribution >= 4 is 17.1 Å². The first-order valence-corrected chi connectivity index (χ1v) is 4.31. The van der Waals surface area contributed by atoms with Crippen molar-refractivity contribution in [3.8, 4) is 5.82 Å². The van der Waals surface area contributed by atoms with E-state index in [1.54, 1.807) is 29.5 Å². The van der Waals surface area contributed by atoms with E-state index in [9.17, 15) is 0 Å². The molecule has 3 heterocycles. The van der Waals surface area contributed by atoms with Gasteiger partial charge in [0.15, 0.2) is 11.5 Å². The molecule has 0 unspecified atom stereocenters. The average molecular weight is 201 g/mol. The first-order chi connectivity index (χ1) is 7.34. The Morgan fingerprint density at radius 1 is 1.33 bits per heavy atom. The summed E-state index contributed by atoms with van der Waals surface area (Å²) in [4.78, 5) is 15.1. The van der Waals surface area contributed by atoms with Gasteiger partial charge >= 0.3 is 0 Å². The van der Waals surface area contributed by atoms with Crippen molar-refractivity contribution < 1.29 is 0 Å². The molecule has 74 valence electrons. The fraction of sp³-hybridized carbons (Fsp3) is 0. The van der Waals surface area contributed by atoms with E-state index in [0.717, 1.165) is 0 Å². The predicted octanol–water partition coefficient (Wildman–Crippen LogP) is 0.121. The maximum atomic E-state index is 5.57. The van der Waals surface area contributed by atoms with Gasteiger partial charge in [-0.15, -0.1) is 0 Å². The quantitative estimate of drug-likeness (QED) is 0.582. The molecule has 0 radical (unpaired) electrons. The summed E-state index contributed by atoms with van der Waals surface area (Å²) in [7, 11) is 0. The predicted molar refractivity (Wildman–Crippen MR) is 53.2 cm³/mol.